The van der Waals surface area contributed by atoms with Crippen molar-refractivity contribution >= 4 is 6.21 Å². The molecule has 0 aromatic rings. The molecule has 0 fully saturated rings. The van der Waals surface area contributed by atoms with Crippen LogP contribution in [0.2, 0.25) is 0 Å². The Balaban J connectivity index is 2.36. The molecule has 0 amide bonds. The number of rotatable bonds is 0. The molecule has 1 rings (SSSR count). The first-order chi connectivity index (χ1) is 5.39. The van der Waals surface area contributed by atoms with Crippen LogP contribution in [0.15, 0.2) is 17.0 Å². The molecule has 0 spiro atoms. The molecule has 1 heterocycles. The van der Waals surface area contributed by atoms with Crippen LogP contribution in [0.3, 0.4) is 0 Å². The van der Waals surface area contributed by atoms with Gasteiger partial charge in [0.15, 0.2) is 0 Å². The third kappa shape index (κ3) is 3.75. The Morgan fingerprint density at radius 1 is 1.45 bits per heavy atom. The Hall–Kier alpha value is -0.860. The van der Waals surface area contributed by atoms with E-state index in [0.29, 0.717) is 13.0 Å². The normalized spacial score (nSPS) is 27.9. The second-order valence-electron chi connectivity index (χ2n) is 2.57. The predicted octanol–water partition coefficient (Wildman–Crippen LogP) is 1.99. The number of nitrogens with zero attached hydrogens (tertiary/aromatic N) is 1. The van der Waals surface area contributed by atoms with Gasteiger partial charge in [-0.3, -0.25) is 0 Å². The highest BCUT2D eigenvalue weighted by atomic mass is 19.1. The van der Waals surface area contributed by atoms with Crippen molar-refractivity contribution in [1.29, 1.82) is 0 Å². The number of nitrogens with one attached hydrogen (secondary N) is 1. The Bertz CT molecular complexity index is 163. The van der Waals surface area contributed by atoms with Crippen LogP contribution in [0, 0.1) is 0 Å². The fourth-order valence-electron chi connectivity index (χ4n) is 0.970. The summed E-state index contributed by atoms with van der Waals surface area (Å²) in [7, 11) is 0. The molecule has 1 aliphatic rings. The summed E-state index contributed by atoms with van der Waals surface area (Å²) < 4.78 is 12.7. The average Bonchev–Trinajstić information content (AvgIpc) is 2.03. The van der Waals surface area contributed by atoms with Crippen LogP contribution in [0.4, 0.5) is 4.39 Å². The van der Waals surface area contributed by atoms with E-state index in [9.17, 15) is 4.39 Å². The first-order valence-corrected chi connectivity index (χ1v) is 3.98. The zero-order valence-electron chi connectivity index (χ0n) is 6.52. The van der Waals surface area contributed by atoms with Gasteiger partial charge in [0, 0.05) is 6.21 Å². The second kappa shape index (κ2) is 4.88. The van der Waals surface area contributed by atoms with Gasteiger partial charge < -0.3 is 5.43 Å². The zero-order valence-corrected chi connectivity index (χ0v) is 6.52. The molecule has 1 N–H and O–H groups in total. The highest BCUT2D eigenvalue weighted by Crippen LogP contribution is 2.09. The van der Waals surface area contributed by atoms with Gasteiger partial charge in [-0.1, -0.05) is 0 Å². The van der Waals surface area contributed by atoms with Crippen LogP contribution in [-0.4, -0.2) is 12.8 Å². The molecule has 2 nitrogen and oxygen atoms in total. The molecule has 0 atom stereocenters. The van der Waals surface area contributed by atoms with Crippen molar-refractivity contribution in [2.24, 2.45) is 5.10 Å². The molecule has 0 radical (unpaired) electrons. The van der Waals surface area contributed by atoms with E-state index in [1.807, 2.05) is 6.21 Å². The first kappa shape index (κ1) is 8.24. The highest BCUT2D eigenvalue weighted by molar-refractivity contribution is 5.56. The van der Waals surface area contributed by atoms with Gasteiger partial charge in [0.05, 0.1) is 12.4 Å². The predicted molar refractivity (Wildman–Crippen MR) is 44.2 cm³/mol. The molecule has 0 saturated heterocycles. The lowest BCUT2D eigenvalue weighted by Gasteiger charge is -2.00. The summed E-state index contributed by atoms with van der Waals surface area (Å²) in [5.41, 5.74) is 2.74. The van der Waals surface area contributed by atoms with E-state index in [1.54, 1.807) is 6.08 Å². The molecule has 0 aromatic heterocycles. The third-order valence-corrected chi connectivity index (χ3v) is 1.60. The second-order valence-corrected chi connectivity index (χ2v) is 2.57. The number of allylic oxidation sites excluding steroid dienone is 1. The van der Waals surface area contributed by atoms with Gasteiger partial charge >= 0.3 is 0 Å². The summed E-state index contributed by atoms with van der Waals surface area (Å²) in [6.07, 6.45) is 6.86. The lowest BCUT2D eigenvalue weighted by Crippen LogP contribution is -2.06. The maximum absolute atomic E-state index is 12.7. The molecule has 0 unspecified atom stereocenters. The summed E-state index contributed by atoms with van der Waals surface area (Å²) in [6, 6.07) is 0. The lowest BCUT2D eigenvalue weighted by atomic mass is 10.2. The van der Waals surface area contributed by atoms with Crippen molar-refractivity contribution in [3.05, 3.63) is 11.9 Å². The minimum atomic E-state index is -0.0189. The zero-order chi connectivity index (χ0) is 7.94. The smallest absolute Gasteiger partial charge is 0.0977 e. The van der Waals surface area contributed by atoms with Gasteiger partial charge in [-0.05, 0) is 31.8 Å². The number of halogens is 1. The standard InChI is InChI=1S/C8H13FN2/c9-8-4-2-1-3-6-10-11-7-5-8/h5-6,11H,1-4,7H2/b8-5+,10-6-. The topological polar surface area (TPSA) is 24.4 Å². The molecular formula is C8H13FN2. The van der Waals surface area contributed by atoms with Crippen LogP contribution in [0.5, 0.6) is 0 Å². The van der Waals surface area contributed by atoms with Crippen molar-refractivity contribution in [2.75, 3.05) is 6.54 Å². The van der Waals surface area contributed by atoms with Crippen LogP contribution >= 0.6 is 0 Å². The number of hydrogen-bond acceptors (Lipinski definition) is 2. The van der Waals surface area contributed by atoms with Crippen molar-refractivity contribution < 1.29 is 4.39 Å². The molecule has 0 saturated carbocycles. The SMILES string of the molecule is F/C1=C/CN/N=C\CCCC1. The van der Waals surface area contributed by atoms with E-state index in [-0.39, 0.29) is 5.83 Å². The van der Waals surface area contributed by atoms with Crippen molar-refractivity contribution in [1.82, 2.24) is 5.43 Å². The summed E-state index contributed by atoms with van der Waals surface area (Å²) in [5.74, 6) is -0.0189. The van der Waals surface area contributed by atoms with Gasteiger partial charge in [0.1, 0.15) is 0 Å². The van der Waals surface area contributed by atoms with Crippen LogP contribution < -0.4 is 5.43 Å². The summed E-state index contributed by atoms with van der Waals surface area (Å²) in [5, 5.41) is 3.88. The highest BCUT2D eigenvalue weighted by Gasteiger charge is 1.95. The molecule has 0 aromatic carbocycles. The Morgan fingerprint density at radius 2 is 2.36 bits per heavy atom. The average molecular weight is 156 g/mol. The number of hydrogen-bond donors (Lipinski definition) is 1. The van der Waals surface area contributed by atoms with E-state index in [4.69, 9.17) is 0 Å². The van der Waals surface area contributed by atoms with Gasteiger partial charge in [0.25, 0.3) is 0 Å². The Kier molecular flexibility index (Phi) is 3.65. The number of hydrazone groups is 1. The molecular weight excluding hydrogens is 143 g/mol. The van der Waals surface area contributed by atoms with Crippen LogP contribution in [-0.2, 0) is 0 Å². The van der Waals surface area contributed by atoms with E-state index in [0.717, 1.165) is 19.3 Å². The fraction of sp³-hybridized carbons (Fsp3) is 0.625. The minimum absolute atomic E-state index is 0.0189. The monoisotopic (exact) mass is 156 g/mol. The first-order valence-electron chi connectivity index (χ1n) is 3.98. The molecule has 0 bridgehead atoms. The van der Waals surface area contributed by atoms with E-state index in [2.05, 4.69) is 10.5 Å². The third-order valence-electron chi connectivity index (χ3n) is 1.60. The lowest BCUT2D eigenvalue weighted by molar-refractivity contribution is 0.558. The molecule has 1 aliphatic heterocycles. The van der Waals surface area contributed by atoms with Gasteiger partial charge in [-0.15, -0.1) is 0 Å². The van der Waals surface area contributed by atoms with E-state index in [1.165, 1.54) is 0 Å². The van der Waals surface area contributed by atoms with Gasteiger partial charge in [-0.2, -0.15) is 5.10 Å². The quantitative estimate of drug-likeness (QED) is 0.570. The van der Waals surface area contributed by atoms with Crippen LogP contribution in [0.1, 0.15) is 25.7 Å². The largest absolute Gasteiger partial charge is 0.306 e. The minimum Gasteiger partial charge on any atom is -0.306 e. The van der Waals surface area contributed by atoms with Gasteiger partial charge in [0.2, 0.25) is 0 Å². The van der Waals surface area contributed by atoms with Crippen molar-refractivity contribution in [3.63, 3.8) is 0 Å². The van der Waals surface area contributed by atoms with Gasteiger partial charge in [-0.25, -0.2) is 4.39 Å². The molecule has 11 heavy (non-hydrogen) atoms. The molecule has 3 heteroatoms. The van der Waals surface area contributed by atoms with Crippen molar-refractivity contribution in [3.8, 4) is 0 Å². The fourth-order valence-corrected chi connectivity index (χ4v) is 0.970. The maximum Gasteiger partial charge on any atom is 0.0977 e. The Labute approximate surface area is 66.2 Å². The van der Waals surface area contributed by atoms with E-state index >= 15 is 0 Å². The van der Waals surface area contributed by atoms with Crippen molar-refractivity contribution in [2.45, 2.75) is 25.7 Å². The van der Waals surface area contributed by atoms with Crippen LogP contribution in [0.25, 0.3) is 0 Å². The maximum atomic E-state index is 12.7. The summed E-state index contributed by atoms with van der Waals surface area (Å²) >= 11 is 0. The molecule has 62 valence electrons. The summed E-state index contributed by atoms with van der Waals surface area (Å²) in [6.45, 7) is 0.502. The molecule has 0 aliphatic carbocycles. The Morgan fingerprint density at radius 3 is 3.27 bits per heavy atom. The van der Waals surface area contributed by atoms with E-state index < -0.39 is 0 Å². The summed E-state index contributed by atoms with van der Waals surface area (Å²) in [4.78, 5) is 0.